The summed E-state index contributed by atoms with van der Waals surface area (Å²) in [7, 11) is 4.01. The molecule has 0 radical (unpaired) electrons. The number of aromatic nitrogens is 2. The molecule has 0 bridgehead atoms. The number of likely N-dealkylation sites (N-methyl/N-ethyl adjacent to an activating group) is 1. The van der Waals surface area contributed by atoms with Gasteiger partial charge < -0.3 is 19.5 Å². The maximum absolute atomic E-state index is 12.6. The van der Waals surface area contributed by atoms with Crippen LogP contribution in [0.15, 0.2) is 35.0 Å². The molecule has 0 fully saturated rings. The summed E-state index contributed by atoms with van der Waals surface area (Å²) in [5.41, 5.74) is 0. The first kappa shape index (κ1) is 18.9. The Morgan fingerprint density at radius 2 is 1.96 bits per heavy atom. The van der Waals surface area contributed by atoms with Crippen molar-refractivity contribution in [2.24, 2.45) is 0 Å². The molecule has 0 unspecified atom stereocenters. The van der Waals surface area contributed by atoms with Gasteiger partial charge in [-0.15, -0.1) is 0 Å². The number of aryl methyl sites for hydroxylation is 1. The first-order valence-electron chi connectivity index (χ1n) is 8.53. The van der Waals surface area contributed by atoms with Crippen LogP contribution in [-0.2, 0) is 11.3 Å². The number of carbonyl (C=O) groups is 1. The van der Waals surface area contributed by atoms with Crippen molar-refractivity contribution in [2.75, 3.05) is 39.0 Å². The third-order valence-corrected chi connectivity index (χ3v) is 3.73. The molecule has 0 atom stereocenters. The second-order valence-electron chi connectivity index (χ2n) is 6.23. The van der Waals surface area contributed by atoms with Gasteiger partial charge in [-0.05, 0) is 45.6 Å². The number of hydrogen-bond donors (Lipinski definition) is 1. The Hall–Kier alpha value is -2.41. The van der Waals surface area contributed by atoms with E-state index in [2.05, 4.69) is 20.2 Å². The van der Waals surface area contributed by atoms with Gasteiger partial charge in [0.15, 0.2) is 0 Å². The van der Waals surface area contributed by atoms with Crippen molar-refractivity contribution in [1.82, 2.24) is 19.8 Å². The smallest absolute Gasteiger partial charge is 0.223 e. The lowest BCUT2D eigenvalue weighted by molar-refractivity contribution is -0.132. The zero-order valence-electron chi connectivity index (χ0n) is 15.2. The van der Waals surface area contributed by atoms with Crippen LogP contribution in [-0.4, -0.2) is 59.4 Å². The van der Waals surface area contributed by atoms with Gasteiger partial charge >= 0.3 is 0 Å². The van der Waals surface area contributed by atoms with Crippen molar-refractivity contribution in [3.8, 4) is 0 Å². The standard InChI is InChI=1S/C18H27N5O2/c1-15-7-8-16(25-15)14-23(13-12-22(2)3)17(24)6-4-9-19-18-20-10-5-11-21-18/h5,7-8,10-11H,4,6,9,12-14H2,1-3H3,(H,19,20,21). The molecule has 2 aromatic rings. The predicted octanol–water partition coefficient (Wildman–Crippen LogP) is 2.16. The molecule has 0 aromatic carbocycles. The van der Waals surface area contributed by atoms with Crippen LogP contribution in [0.4, 0.5) is 5.95 Å². The average molecular weight is 345 g/mol. The van der Waals surface area contributed by atoms with Crippen LogP contribution in [0, 0.1) is 6.92 Å². The average Bonchev–Trinajstić information content (AvgIpc) is 3.01. The van der Waals surface area contributed by atoms with Crippen LogP contribution < -0.4 is 5.32 Å². The molecule has 0 saturated heterocycles. The maximum Gasteiger partial charge on any atom is 0.223 e. The minimum absolute atomic E-state index is 0.131. The minimum Gasteiger partial charge on any atom is -0.464 e. The van der Waals surface area contributed by atoms with Crippen LogP contribution in [0.2, 0.25) is 0 Å². The summed E-state index contributed by atoms with van der Waals surface area (Å²) in [5, 5.41) is 3.12. The van der Waals surface area contributed by atoms with E-state index in [1.807, 2.05) is 38.1 Å². The van der Waals surface area contributed by atoms with Crippen molar-refractivity contribution in [1.29, 1.82) is 0 Å². The van der Waals surface area contributed by atoms with Gasteiger partial charge in [0.05, 0.1) is 6.54 Å². The van der Waals surface area contributed by atoms with Gasteiger partial charge in [-0.3, -0.25) is 4.79 Å². The first-order valence-corrected chi connectivity index (χ1v) is 8.53. The SMILES string of the molecule is Cc1ccc(CN(CCN(C)C)C(=O)CCCNc2ncccn2)o1. The molecule has 7 nitrogen and oxygen atoms in total. The lowest BCUT2D eigenvalue weighted by Gasteiger charge is -2.23. The lowest BCUT2D eigenvalue weighted by atomic mass is 10.2. The summed E-state index contributed by atoms with van der Waals surface area (Å²) in [6, 6.07) is 5.63. The van der Waals surface area contributed by atoms with Crippen LogP contribution >= 0.6 is 0 Å². The maximum atomic E-state index is 12.6. The Labute approximate surface area is 149 Å². The number of furan rings is 1. The minimum atomic E-state index is 0.131. The van der Waals surface area contributed by atoms with Crippen molar-refractivity contribution >= 4 is 11.9 Å². The van der Waals surface area contributed by atoms with Crippen LogP contribution in [0.1, 0.15) is 24.4 Å². The van der Waals surface area contributed by atoms with Crippen LogP contribution in [0.5, 0.6) is 0 Å². The summed E-state index contributed by atoms with van der Waals surface area (Å²) in [5.74, 6) is 2.40. The molecule has 0 aliphatic rings. The highest BCUT2D eigenvalue weighted by Gasteiger charge is 2.15. The second kappa shape index (κ2) is 9.78. The summed E-state index contributed by atoms with van der Waals surface area (Å²) in [4.78, 5) is 24.7. The molecular weight excluding hydrogens is 318 g/mol. The molecule has 0 spiro atoms. The summed E-state index contributed by atoms with van der Waals surface area (Å²) in [6.45, 7) is 4.59. The number of hydrogen-bond acceptors (Lipinski definition) is 6. The molecule has 1 amide bonds. The van der Waals surface area contributed by atoms with Gasteiger partial charge in [0.1, 0.15) is 11.5 Å². The van der Waals surface area contributed by atoms with Crippen LogP contribution in [0.3, 0.4) is 0 Å². The lowest BCUT2D eigenvalue weighted by Crippen LogP contribution is -2.36. The first-order chi connectivity index (χ1) is 12.0. The molecule has 0 aliphatic carbocycles. The largest absolute Gasteiger partial charge is 0.464 e. The summed E-state index contributed by atoms with van der Waals surface area (Å²) < 4.78 is 5.62. The van der Waals surface area contributed by atoms with E-state index in [1.54, 1.807) is 18.5 Å². The molecular formula is C18H27N5O2. The molecule has 0 saturated carbocycles. The fraction of sp³-hybridized carbons (Fsp3) is 0.500. The Morgan fingerprint density at radius 1 is 1.20 bits per heavy atom. The van der Waals surface area contributed by atoms with E-state index in [1.165, 1.54) is 0 Å². The highest BCUT2D eigenvalue weighted by Crippen LogP contribution is 2.11. The molecule has 2 rings (SSSR count). The van der Waals surface area contributed by atoms with Gasteiger partial charge in [-0.2, -0.15) is 0 Å². The number of nitrogens with zero attached hydrogens (tertiary/aromatic N) is 4. The molecule has 136 valence electrons. The topological polar surface area (TPSA) is 74.5 Å². The molecule has 25 heavy (non-hydrogen) atoms. The van der Waals surface area contributed by atoms with E-state index in [4.69, 9.17) is 4.42 Å². The fourth-order valence-corrected chi connectivity index (χ4v) is 2.36. The Balaban J connectivity index is 1.81. The Bertz CT molecular complexity index is 642. The van der Waals surface area contributed by atoms with Crippen LogP contribution in [0.25, 0.3) is 0 Å². The Morgan fingerprint density at radius 3 is 2.60 bits per heavy atom. The van der Waals surface area contributed by atoms with Crippen molar-refractivity contribution in [2.45, 2.75) is 26.3 Å². The third kappa shape index (κ3) is 6.93. The number of carbonyl (C=O) groups excluding carboxylic acids is 1. The Kier molecular flexibility index (Phi) is 7.40. The quantitative estimate of drug-likeness (QED) is 0.665. The van der Waals surface area contributed by atoms with E-state index in [0.717, 1.165) is 24.5 Å². The number of amides is 1. The highest BCUT2D eigenvalue weighted by atomic mass is 16.3. The highest BCUT2D eigenvalue weighted by molar-refractivity contribution is 5.76. The molecule has 2 aromatic heterocycles. The van der Waals surface area contributed by atoms with Crippen molar-refractivity contribution in [3.05, 3.63) is 42.1 Å². The zero-order valence-corrected chi connectivity index (χ0v) is 15.2. The van der Waals surface area contributed by atoms with Crippen molar-refractivity contribution in [3.63, 3.8) is 0 Å². The molecule has 0 aliphatic heterocycles. The van der Waals surface area contributed by atoms with E-state index in [-0.39, 0.29) is 5.91 Å². The van der Waals surface area contributed by atoms with E-state index in [0.29, 0.717) is 32.0 Å². The van der Waals surface area contributed by atoms with E-state index in [9.17, 15) is 4.79 Å². The van der Waals surface area contributed by atoms with E-state index < -0.39 is 0 Å². The monoisotopic (exact) mass is 345 g/mol. The van der Waals surface area contributed by atoms with Gasteiger partial charge in [0.25, 0.3) is 0 Å². The van der Waals surface area contributed by atoms with E-state index >= 15 is 0 Å². The molecule has 2 heterocycles. The number of anilines is 1. The van der Waals surface area contributed by atoms with Gasteiger partial charge in [0, 0.05) is 38.4 Å². The van der Waals surface area contributed by atoms with Gasteiger partial charge in [0.2, 0.25) is 11.9 Å². The van der Waals surface area contributed by atoms with Gasteiger partial charge in [-0.25, -0.2) is 9.97 Å². The predicted molar refractivity (Wildman–Crippen MR) is 97.2 cm³/mol. The third-order valence-electron chi connectivity index (χ3n) is 3.73. The normalized spacial score (nSPS) is 10.9. The number of rotatable bonds is 10. The van der Waals surface area contributed by atoms with Crippen molar-refractivity contribution < 1.29 is 9.21 Å². The fourth-order valence-electron chi connectivity index (χ4n) is 2.36. The second-order valence-corrected chi connectivity index (χ2v) is 6.23. The van der Waals surface area contributed by atoms with Gasteiger partial charge in [-0.1, -0.05) is 0 Å². The molecule has 7 heteroatoms. The molecule has 1 N–H and O–H groups in total. The summed E-state index contributed by atoms with van der Waals surface area (Å²) in [6.07, 6.45) is 4.59. The summed E-state index contributed by atoms with van der Waals surface area (Å²) >= 11 is 0. The zero-order chi connectivity index (χ0) is 18.1. The number of nitrogens with one attached hydrogen (secondary N) is 1.